The molecule has 3 aromatic carbocycles. The van der Waals surface area contributed by atoms with E-state index in [4.69, 9.17) is 9.47 Å². The number of halogens is 4. The lowest BCUT2D eigenvalue weighted by Crippen LogP contribution is -2.46. The third-order valence-corrected chi connectivity index (χ3v) is 6.11. The third-order valence-electron chi connectivity index (χ3n) is 6.11. The normalized spacial score (nSPS) is 13.9. The second kappa shape index (κ2) is 10.5. The van der Waals surface area contributed by atoms with Gasteiger partial charge in [-0.15, -0.1) is 0 Å². The van der Waals surface area contributed by atoms with Gasteiger partial charge >= 0.3 is 18.2 Å². The van der Waals surface area contributed by atoms with Crippen LogP contribution in [0.5, 0.6) is 0 Å². The zero-order valence-electron chi connectivity index (χ0n) is 21.1. The number of hydrogen-bond acceptors (Lipinski definition) is 4. The summed E-state index contributed by atoms with van der Waals surface area (Å²) < 4.78 is 63.8. The average Bonchev–Trinajstić information content (AvgIpc) is 3.14. The topological polar surface area (TPSA) is 64.6 Å². The highest BCUT2D eigenvalue weighted by Crippen LogP contribution is 2.44. The van der Waals surface area contributed by atoms with Crippen molar-refractivity contribution in [1.29, 1.82) is 0 Å². The number of fused-ring (bicyclic) bond motifs is 3. The first-order valence-corrected chi connectivity index (χ1v) is 12.0. The summed E-state index contributed by atoms with van der Waals surface area (Å²) in [6, 6.07) is 16.6. The molecule has 1 N–H and O–H groups in total. The van der Waals surface area contributed by atoms with Crippen LogP contribution in [0.3, 0.4) is 0 Å². The third kappa shape index (κ3) is 6.15. The minimum Gasteiger partial charge on any atom is -0.458 e. The quantitative estimate of drug-likeness (QED) is 0.287. The van der Waals surface area contributed by atoms with Gasteiger partial charge in [-0.3, -0.25) is 0 Å². The first-order valence-electron chi connectivity index (χ1n) is 12.0. The number of hydrogen-bond donors (Lipinski definition) is 1. The molecule has 1 atom stereocenters. The van der Waals surface area contributed by atoms with Crippen LogP contribution in [-0.4, -0.2) is 30.3 Å². The van der Waals surface area contributed by atoms with Gasteiger partial charge < -0.3 is 14.8 Å². The maximum Gasteiger partial charge on any atom is 0.419 e. The standard InChI is InChI=1S/C29H27F4NO4/c1-28(2,3)38-26(35)25(15-17-12-13-23(24(30)14-17)29(31,32)33)34-27(36)37-16-22-20-10-6-4-8-18(20)19-9-5-7-11-21(19)22/h4-14,22,25H,15-16H2,1-3H3,(H,34,36). The molecule has 1 unspecified atom stereocenters. The molecular formula is C29H27F4NO4. The van der Waals surface area contributed by atoms with Crippen LogP contribution >= 0.6 is 0 Å². The van der Waals surface area contributed by atoms with E-state index in [0.717, 1.165) is 28.3 Å². The minimum absolute atomic E-state index is 0.00416. The first kappa shape index (κ1) is 27.2. The van der Waals surface area contributed by atoms with Crippen LogP contribution in [0.15, 0.2) is 66.7 Å². The number of nitrogens with one attached hydrogen (secondary N) is 1. The molecule has 1 amide bonds. The van der Waals surface area contributed by atoms with Crippen molar-refractivity contribution in [3.05, 3.63) is 94.8 Å². The van der Waals surface area contributed by atoms with Crippen LogP contribution in [-0.2, 0) is 26.9 Å². The van der Waals surface area contributed by atoms with E-state index in [1.807, 2.05) is 48.5 Å². The summed E-state index contributed by atoms with van der Waals surface area (Å²) in [5, 5.41) is 2.44. The van der Waals surface area contributed by atoms with E-state index in [1.54, 1.807) is 20.8 Å². The number of rotatable bonds is 6. The molecule has 9 heteroatoms. The van der Waals surface area contributed by atoms with E-state index < -0.39 is 41.3 Å². The Hall–Kier alpha value is -3.88. The van der Waals surface area contributed by atoms with Crippen molar-refractivity contribution in [2.45, 2.75) is 50.9 Å². The Labute approximate surface area is 217 Å². The fourth-order valence-corrected chi connectivity index (χ4v) is 4.50. The molecule has 0 spiro atoms. The van der Waals surface area contributed by atoms with Crippen molar-refractivity contribution in [2.24, 2.45) is 0 Å². The zero-order chi connectivity index (χ0) is 27.7. The van der Waals surface area contributed by atoms with E-state index >= 15 is 0 Å². The van der Waals surface area contributed by atoms with Crippen LogP contribution in [0.1, 0.15) is 48.9 Å². The van der Waals surface area contributed by atoms with E-state index in [-0.39, 0.29) is 24.5 Å². The van der Waals surface area contributed by atoms with Crippen molar-refractivity contribution >= 4 is 12.1 Å². The van der Waals surface area contributed by atoms with Crippen LogP contribution in [0, 0.1) is 5.82 Å². The van der Waals surface area contributed by atoms with E-state index in [2.05, 4.69) is 5.32 Å². The molecule has 0 radical (unpaired) electrons. The predicted octanol–water partition coefficient (Wildman–Crippen LogP) is 6.64. The van der Waals surface area contributed by atoms with Crippen molar-refractivity contribution < 1.29 is 36.6 Å². The fraction of sp³-hybridized carbons (Fsp3) is 0.310. The molecule has 4 rings (SSSR count). The van der Waals surface area contributed by atoms with Gasteiger partial charge in [0, 0.05) is 12.3 Å². The monoisotopic (exact) mass is 529 g/mol. The molecule has 0 bridgehead atoms. The molecule has 1 aliphatic carbocycles. The lowest BCUT2D eigenvalue weighted by atomic mass is 9.98. The molecule has 0 heterocycles. The molecule has 0 aromatic heterocycles. The van der Waals surface area contributed by atoms with Crippen molar-refractivity contribution in [3.63, 3.8) is 0 Å². The minimum atomic E-state index is -4.85. The largest absolute Gasteiger partial charge is 0.458 e. The molecule has 0 saturated heterocycles. The summed E-state index contributed by atoms with van der Waals surface area (Å²) in [6.07, 6.45) is -6.06. The van der Waals surface area contributed by atoms with Gasteiger partial charge in [0.15, 0.2) is 0 Å². The van der Waals surface area contributed by atoms with Crippen molar-refractivity contribution in [3.8, 4) is 11.1 Å². The number of alkyl halides is 3. The first-order chi connectivity index (χ1) is 17.8. The Morgan fingerprint density at radius 3 is 2.03 bits per heavy atom. The summed E-state index contributed by atoms with van der Waals surface area (Å²) >= 11 is 0. The zero-order valence-corrected chi connectivity index (χ0v) is 21.1. The van der Waals surface area contributed by atoms with Gasteiger partial charge in [0.25, 0.3) is 0 Å². The molecule has 5 nitrogen and oxygen atoms in total. The maximum atomic E-state index is 14.1. The Kier molecular flexibility index (Phi) is 7.49. The number of esters is 1. The molecular weight excluding hydrogens is 502 g/mol. The lowest BCUT2D eigenvalue weighted by molar-refractivity contribution is -0.157. The molecule has 38 heavy (non-hydrogen) atoms. The number of ether oxygens (including phenoxy) is 2. The van der Waals surface area contributed by atoms with Crippen LogP contribution in [0.4, 0.5) is 22.4 Å². The second-order valence-corrected chi connectivity index (χ2v) is 10.1. The highest BCUT2D eigenvalue weighted by Gasteiger charge is 2.35. The molecule has 1 aliphatic rings. The van der Waals surface area contributed by atoms with Crippen LogP contribution < -0.4 is 5.32 Å². The number of carbonyl (C=O) groups is 2. The number of amides is 1. The predicted molar refractivity (Wildman–Crippen MR) is 133 cm³/mol. The highest BCUT2D eigenvalue weighted by molar-refractivity contribution is 5.82. The van der Waals surface area contributed by atoms with E-state index in [9.17, 15) is 27.2 Å². The highest BCUT2D eigenvalue weighted by atomic mass is 19.4. The summed E-state index contributed by atoms with van der Waals surface area (Å²) in [7, 11) is 0. The van der Waals surface area contributed by atoms with Gasteiger partial charge in [-0.05, 0) is 60.7 Å². The van der Waals surface area contributed by atoms with Gasteiger partial charge in [-0.1, -0.05) is 54.6 Å². The van der Waals surface area contributed by atoms with E-state index in [0.29, 0.717) is 12.1 Å². The van der Waals surface area contributed by atoms with Crippen molar-refractivity contribution in [2.75, 3.05) is 6.61 Å². The second-order valence-electron chi connectivity index (χ2n) is 10.1. The Morgan fingerprint density at radius 1 is 0.921 bits per heavy atom. The maximum absolute atomic E-state index is 14.1. The molecule has 0 fully saturated rings. The summed E-state index contributed by atoms with van der Waals surface area (Å²) in [6.45, 7) is 4.89. The van der Waals surface area contributed by atoms with Gasteiger partial charge in [-0.2, -0.15) is 13.2 Å². The molecule has 3 aromatic rings. The Morgan fingerprint density at radius 2 is 1.50 bits per heavy atom. The molecule has 0 aliphatic heterocycles. The molecule has 0 saturated carbocycles. The van der Waals surface area contributed by atoms with Crippen LogP contribution in [0.25, 0.3) is 11.1 Å². The average molecular weight is 530 g/mol. The SMILES string of the molecule is CC(C)(C)OC(=O)C(Cc1ccc(C(F)(F)F)c(F)c1)NC(=O)OCC1c2ccccc2-c2ccccc21. The van der Waals surface area contributed by atoms with Gasteiger partial charge in [0.05, 0.1) is 5.56 Å². The number of alkyl carbamates (subject to hydrolysis) is 1. The van der Waals surface area contributed by atoms with Gasteiger partial charge in [0.2, 0.25) is 0 Å². The van der Waals surface area contributed by atoms with Crippen LogP contribution in [0.2, 0.25) is 0 Å². The molecule has 200 valence electrons. The summed E-state index contributed by atoms with van der Waals surface area (Å²) in [5.74, 6) is -2.51. The number of carbonyl (C=O) groups excluding carboxylic acids is 2. The number of benzene rings is 3. The lowest BCUT2D eigenvalue weighted by Gasteiger charge is -2.25. The smallest absolute Gasteiger partial charge is 0.419 e. The fourth-order valence-electron chi connectivity index (χ4n) is 4.50. The Bertz CT molecular complexity index is 1300. The van der Waals surface area contributed by atoms with Gasteiger partial charge in [0.1, 0.15) is 24.1 Å². The van der Waals surface area contributed by atoms with Gasteiger partial charge in [-0.25, -0.2) is 14.0 Å². The summed E-state index contributed by atoms with van der Waals surface area (Å²) in [4.78, 5) is 25.6. The van der Waals surface area contributed by atoms with E-state index in [1.165, 1.54) is 0 Å². The Balaban J connectivity index is 1.49. The summed E-state index contributed by atoms with van der Waals surface area (Å²) in [5.41, 5.74) is 1.87. The van der Waals surface area contributed by atoms with Crippen molar-refractivity contribution in [1.82, 2.24) is 5.32 Å².